The molecule has 1 heterocycles. The third kappa shape index (κ3) is 2.27. The van der Waals surface area contributed by atoms with Crippen molar-refractivity contribution in [2.24, 2.45) is 5.41 Å². The highest BCUT2D eigenvalue weighted by atomic mass is 16.5. The average Bonchev–Trinajstić information content (AvgIpc) is 2.91. The molecule has 1 aliphatic carbocycles. The largest absolute Gasteiger partial charge is 0.465 e. The summed E-state index contributed by atoms with van der Waals surface area (Å²) < 4.78 is 4.93. The Hall–Kier alpha value is -0.570. The summed E-state index contributed by atoms with van der Waals surface area (Å²) in [5.41, 5.74) is 0.700. The lowest BCUT2D eigenvalue weighted by atomic mass is 9.94. The number of nitrogens with zero attached hydrogens (tertiary/aromatic N) is 1. The highest BCUT2D eigenvalue weighted by Gasteiger charge is 2.44. The summed E-state index contributed by atoms with van der Waals surface area (Å²) in [6.45, 7) is 5.01. The van der Waals surface area contributed by atoms with Gasteiger partial charge in [0.2, 0.25) is 0 Å². The number of rotatable bonds is 3. The number of carbonyl (C=O) groups is 1. The van der Waals surface area contributed by atoms with Gasteiger partial charge in [-0.15, -0.1) is 0 Å². The smallest absolute Gasteiger partial charge is 0.320 e. The predicted octanol–water partition coefficient (Wildman–Crippen LogP) is 1.43. The molecule has 0 N–H and O–H groups in total. The monoisotopic (exact) mass is 197 g/mol. The van der Waals surface area contributed by atoms with Crippen LogP contribution in [0.5, 0.6) is 0 Å². The van der Waals surface area contributed by atoms with Crippen LogP contribution in [0.4, 0.5) is 0 Å². The van der Waals surface area contributed by atoms with Crippen molar-refractivity contribution in [3.63, 3.8) is 0 Å². The molecule has 0 bridgehead atoms. The lowest BCUT2D eigenvalue weighted by Gasteiger charge is -2.31. The van der Waals surface area contributed by atoms with E-state index in [1.807, 2.05) is 6.92 Å². The van der Waals surface area contributed by atoms with Gasteiger partial charge >= 0.3 is 5.97 Å². The van der Waals surface area contributed by atoms with Gasteiger partial charge in [-0.05, 0) is 51.1 Å². The molecule has 2 rings (SSSR count). The Labute approximate surface area is 85.4 Å². The van der Waals surface area contributed by atoms with Crippen LogP contribution in [0.2, 0.25) is 0 Å². The molecular weight excluding hydrogens is 178 g/mol. The maximum Gasteiger partial charge on any atom is 0.320 e. The van der Waals surface area contributed by atoms with Crippen LogP contribution in [0.3, 0.4) is 0 Å². The van der Waals surface area contributed by atoms with E-state index in [0.29, 0.717) is 18.6 Å². The summed E-state index contributed by atoms with van der Waals surface area (Å²) in [5, 5.41) is 0. The van der Waals surface area contributed by atoms with Crippen LogP contribution in [0.1, 0.15) is 32.6 Å². The molecule has 1 saturated carbocycles. The zero-order valence-electron chi connectivity index (χ0n) is 8.92. The molecule has 0 atom stereocenters. The van der Waals surface area contributed by atoms with Crippen molar-refractivity contribution in [1.82, 2.24) is 4.90 Å². The lowest BCUT2D eigenvalue weighted by Crippen LogP contribution is -2.38. The summed E-state index contributed by atoms with van der Waals surface area (Å²) in [5.74, 6) is -0.0701. The van der Waals surface area contributed by atoms with Gasteiger partial charge in [-0.2, -0.15) is 0 Å². The first-order valence-corrected chi connectivity index (χ1v) is 5.62. The van der Waals surface area contributed by atoms with Crippen LogP contribution in [0.15, 0.2) is 0 Å². The fraction of sp³-hybridized carbons (Fsp3) is 0.909. The molecule has 3 nitrogen and oxygen atoms in total. The number of ether oxygens (including phenoxy) is 1. The first kappa shape index (κ1) is 9.97. The number of piperidine rings is 1. The second kappa shape index (κ2) is 3.89. The molecule has 0 amide bonds. The van der Waals surface area contributed by atoms with Gasteiger partial charge in [0.05, 0.1) is 13.2 Å². The number of hydrogen-bond donors (Lipinski definition) is 0. The first-order valence-electron chi connectivity index (χ1n) is 5.62. The van der Waals surface area contributed by atoms with Crippen molar-refractivity contribution >= 4 is 5.97 Å². The Morgan fingerprint density at radius 2 is 1.93 bits per heavy atom. The molecule has 1 saturated heterocycles. The molecule has 3 heteroatoms. The minimum Gasteiger partial charge on any atom is -0.465 e. The average molecular weight is 197 g/mol. The van der Waals surface area contributed by atoms with Gasteiger partial charge in [0.25, 0.3) is 0 Å². The molecule has 2 aliphatic rings. The van der Waals surface area contributed by atoms with Crippen molar-refractivity contribution < 1.29 is 9.53 Å². The molecule has 14 heavy (non-hydrogen) atoms. The fourth-order valence-electron chi connectivity index (χ4n) is 2.25. The molecular formula is C11H19NO2. The number of likely N-dealkylation sites (tertiary alicyclic amines) is 1. The van der Waals surface area contributed by atoms with Crippen molar-refractivity contribution in [1.29, 1.82) is 0 Å². The van der Waals surface area contributed by atoms with E-state index in [0.717, 1.165) is 13.1 Å². The lowest BCUT2D eigenvalue weighted by molar-refractivity contribution is -0.144. The molecule has 0 radical (unpaired) electrons. The molecule has 0 aromatic heterocycles. The summed E-state index contributed by atoms with van der Waals surface area (Å²) in [6, 6.07) is 0. The maximum atomic E-state index is 11.2. The number of hydrogen-bond acceptors (Lipinski definition) is 3. The summed E-state index contributed by atoms with van der Waals surface area (Å²) in [7, 11) is 0. The van der Waals surface area contributed by atoms with E-state index in [9.17, 15) is 4.79 Å². The van der Waals surface area contributed by atoms with Crippen molar-refractivity contribution in [3.05, 3.63) is 0 Å². The molecule has 1 spiro atoms. The molecule has 2 fully saturated rings. The molecule has 0 aromatic carbocycles. The van der Waals surface area contributed by atoms with E-state index in [2.05, 4.69) is 4.90 Å². The number of carbonyl (C=O) groups excluding carboxylic acids is 1. The third-order valence-electron chi connectivity index (χ3n) is 3.53. The van der Waals surface area contributed by atoms with Crippen LogP contribution in [-0.2, 0) is 9.53 Å². The Bertz CT molecular complexity index is 213. The summed E-state index contributed by atoms with van der Waals surface area (Å²) >= 11 is 0. The van der Waals surface area contributed by atoms with Crippen molar-refractivity contribution in [2.75, 3.05) is 26.2 Å². The summed E-state index contributed by atoms with van der Waals surface area (Å²) in [6.07, 6.45) is 5.40. The minimum absolute atomic E-state index is 0.0701. The van der Waals surface area contributed by atoms with Gasteiger partial charge in [-0.1, -0.05) is 0 Å². The van der Waals surface area contributed by atoms with Crippen molar-refractivity contribution in [2.45, 2.75) is 32.6 Å². The van der Waals surface area contributed by atoms with Gasteiger partial charge in [-0.3, -0.25) is 9.69 Å². The normalized spacial score (nSPS) is 24.9. The second-order valence-electron chi connectivity index (χ2n) is 4.58. The zero-order valence-corrected chi connectivity index (χ0v) is 8.92. The van der Waals surface area contributed by atoms with E-state index in [1.54, 1.807) is 0 Å². The van der Waals surface area contributed by atoms with Crippen LogP contribution >= 0.6 is 0 Å². The zero-order chi connectivity index (χ0) is 10.0. The Kier molecular flexibility index (Phi) is 2.77. The highest BCUT2D eigenvalue weighted by Crippen LogP contribution is 2.53. The van der Waals surface area contributed by atoms with E-state index < -0.39 is 0 Å². The van der Waals surface area contributed by atoms with Gasteiger partial charge in [0.15, 0.2) is 0 Å². The fourth-order valence-corrected chi connectivity index (χ4v) is 2.25. The first-order chi connectivity index (χ1) is 6.74. The standard InChI is InChI=1S/C11H19NO2/c1-2-14-10(13)9-12-7-5-11(3-4-11)6-8-12/h2-9H2,1H3. The Morgan fingerprint density at radius 3 is 2.43 bits per heavy atom. The molecule has 0 unspecified atom stereocenters. The molecule has 1 aliphatic heterocycles. The quantitative estimate of drug-likeness (QED) is 0.641. The minimum atomic E-state index is -0.0701. The molecule has 80 valence electrons. The van der Waals surface area contributed by atoms with E-state index in [1.165, 1.54) is 25.7 Å². The molecule has 0 aromatic rings. The van der Waals surface area contributed by atoms with E-state index in [4.69, 9.17) is 4.74 Å². The van der Waals surface area contributed by atoms with Gasteiger partial charge in [0, 0.05) is 0 Å². The van der Waals surface area contributed by atoms with E-state index >= 15 is 0 Å². The third-order valence-corrected chi connectivity index (χ3v) is 3.53. The van der Waals surface area contributed by atoms with Crippen LogP contribution in [-0.4, -0.2) is 37.1 Å². The predicted molar refractivity (Wildman–Crippen MR) is 54.0 cm³/mol. The van der Waals surface area contributed by atoms with Crippen LogP contribution < -0.4 is 0 Å². The maximum absolute atomic E-state index is 11.2. The number of esters is 1. The topological polar surface area (TPSA) is 29.5 Å². The van der Waals surface area contributed by atoms with Gasteiger partial charge < -0.3 is 4.74 Å². The van der Waals surface area contributed by atoms with Crippen LogP contribution in [0, 0.1) is 5.41 Å². The van der Waals surface area contributed by atoms with Crippen molar-refractivity contribution in [3.8, 4) is 0 Å². The van der Waals surface area contributed by atoms with Crippen LogP contribution in [0.25, 0.3) is 0 Å². The van der Waals surface area contributed by atoms with E-state index in [-0.39, 0.29) is 5.97 Å². The van der Waals surface area contributed by atoms with Gasteiger partial charge in [0.1, 0.15) is 0 Å². The SMILES string of the molecule is CCOC(=O)CN1CCC2(CC1)CC2. The summed E-state index contributed by atoms with van der Waals surface area (Å²) in [4.78, 5) is 13.4. The Morgan fingerprint density at radius 1 is 1.29 bits per heavy atom. The van der Waals surface area contributed by atoms with Gasteiger partial charge in [-0.25, -0.2) is 0 Å². The second-order valence-corrected chi connectivity index (χ2v) is 4.58. The Balaban J connectivity index is 1.70. The highest BCUT2D eigenvalue weighted by molar-refractivity contribution is 5.71.